The number of nitro benzene ring substituents is 1. The molecule has 0 aliphatic rings. The van der Waals surface area contributed by atoms with E-state index in [0.29, 0.717) is 33.4 Å². The Morgan fingerprint density at radius 2 is 1.97 bits per heavy atom. The maximum Gasteiger partial charge on any atom is 0.272 e. The molecule has 9 heteroatoms. The van der Waals surface area contributed by atoms with E-state index in [2.05, 4.69) is 15.3 Å². The number of rotatable bonds is 7. The highest BCUT2D eigenvalue weighted by atomic mass is 35.5. The molecule has 4 aromatic rings. The number of amides is 1. The van der Waals surface area contributed by atoms with Gasteiger partial charge in [0.2, 0.25) is 5.78 Å². The first-order valence-corrected chi connectivity index (χ1v) is 10.5. The van der Waals surface area contributed by atoms with Crippen molar-refractivity contribution in [2.24, 2.45) is 0 Å². The van der Waals surface area contributed by atoms with Gasteiger partial charge < -0.3 is 15.3 Å². The standard InChI is InChI=1S/C24H19ClN4O4/c1-14-9-10-26-22(14)24(31)27-16-4-2-3-15(11-16)5-8-21(30)23-19(13-25)18-7-6-17(29(32)33)12-20(18)28-23/h2-12,26,28H,13H2,1H3,(H,27,31)/b8-5+. The average Bonchev–Trinajstić information content (AvgIpc) is 3.40. The molecule has 166 valence electrons. The van der Waals surface area contributed by atoms with Crippen molar-refractivity contribution in [2.75, 3.05) is 5.32 Å². The molecular formula is C24H19ClN4O4. The lowest BCUT2D eigenvalue weighted by Gasteiger charge is -2.06. The van der Waals surface area contributed by atoms with Crippen molar-refractivity contribution in [3.8, 4) is 0 Å². The second-order valence-electron chi connectivity index (χ2n) is 7.41. The third-order valence-corrected chi connectivity index (χ3v) is 5.50. The van der Waals surface area contributed by atoms with Gasteiger partial charge in [-0.15, -0.1) is 11.6 Å². The number of hydrogen-bond acceptors (Lipinski definition) is 4. The smallest absolute Gasteiger partial charge is 0.272 e. The van der Waals surface area contributed by atoms with Gasteiger partial charge in [0.15, 0.2) is 0 Å². The molecule has 2 aromatic heterocycles. The number of hydrogen-bond donors (Lipinski definition) is 3. The topological polar surface area (TPSA) is 121 Å². The fraction of sp³-hybridized carbons (Fsp3) is 0.0833. The van der Waals surface area contributed by atoms with Gasteiger partial charge in [-0.25, -0.2) is 0 Å². The Hall–Kier alpha value is -4.17. The maximum absolute atomic E-state index is 12.9. The van der Waals surface area contributed by atoms with Crippen LogP contribution in [0.1, 0.15) is 37.7 Å². The van der Waals surface area contributed by atoms with E-state index in [1.165, 1.54) is 18.2 Å². The number of anilines is 1. The van der Waals surface area contributed by atoms with E-state index in [9.17, 15) is 19.7 Å². The average molecular weight is 463 g/mol. The van der Waals surface area contributed by atoms with Crippen molar-refractivity contribution in [2.45, 2.75) is 12.8 Å². The lowest BCUT2D eigenvalue weighted by atomic mass is 10.1. The van der Waals surface area contributed by atoms with Crippen LogP contribution in [-0.2, 0) is 5.88 Å². The van der Waals surface area contributed by atoms with E-state index < -0.39 is 4.92 Å². The van der Waals surface area contributed by atoms with Gasteiger partial charge in [0.05, 0.1) is 22.0 Å². The fourth-order valence-corrected chi connectivity index (χ4v) is 3.84. The van der Waals surface area contributed by atoms with Gasteiger partial charge in [-0.3, -0.25) is 19.7 Å². The van der Waals surface area contributed by atoms with Crippen LogP contribution in [0.3, 0.4) is 0 Å². The van der Waals surface area contributed by atoms with Crippen LogP contribution in [-0.4, -0.2) is 26.6 Å². The largest absolute Gasteiger partial charge is 0.357 e. The van der Waals surface area contributed by atoms with E-state index >= 15 is 0 Å². The fourth-order valence-electron chi connectivity index (χ4n) is 3.57. The highest BCUT2D eigenvalue weighted by Gasteiger charge is 2.18. The number of aromatic amines is 2. The van der Waals surface area contributed by atoms with Crippen molar-refractivity contribution in [3.63, 3.8) is 0 Å². The predicted octanol–water partition coefficient (Wildman–Crippen LogP) is 5.60. The molecule has 3 N–H and O–H groups in total. The summed E-state index contributed by atoms with van der Waals surface area (Å²) in [5.74, 6) is -0.499. The molecule has 4 rings (SSSR count). The number of carbonyl (C=O) groups excluding carboxylic acids is 2. The third-order valence-electron chi connectivity index (χ3n) is 5.23. The first-order valence-electron chi connectivity index (χ1n) is 10.00. The first-order chi connectivity index (χ1) is 15.9. The minimum Gasteiger partial charge on any atom is -0.357 e. The number of nitro groups is 1. The van der Waals surface area contributed by atoms with Crippen LogP contribution in [0, 0.1) is 17.0 Å². The molecule has 0 atom stereocenters. The van der Waals surface area contributed by atoms with Crippen molar-refractivity contribution in [3.05, 3.63) is 99.0 Å². The number of non-ortho nitro benzene ring substituents is 1. The number of alkyl halides is 1. The number of nitrogens with zero attached hydrogens (tertiary/aromatic N) is 1. The van der Waals surface area contributed by atoms with Gasteiger partial charge in [-0.2, -0.15) is 0 Å². The summed E-state index contributed by atoms with van der Waals surface area (Å²) in [6, 6.07) is 13.2. The molecule has 0 fully saturated rings. The van der Waals surface area contributed by atoms with E-state index in [4.69, 9.17) is 11.6 Å². The molecule has 0 saturated heterocycles. The Bertz CT molecular complexity index is 1420. The van der Waals surface area contributed by atoms with Crippen molar-refractivity contribution in [1.82, 2.24) is 9.97 Å². The minimum absolute atomic E-state index is 0.0758. The number of nitrogens with one attached hydrogen (secondary N) is 3. The van der Waals surface area contributed by atoms with Gasteiger partial charge in [-0.05, 0) is 48.4 Å². The molecule has 1 amide bonds. The highest BCUT2D eigenvalue weighted by molar-refractivity contribution is 6.20. The molecule has 0 unspecified atom stereocenters. The number of aromatic nitrogens is 2. The highest BCUT2D eigenvalue weighted by Crippen LogP contribution is 2.28. The number of allylic oxidation sites excluding steroid dienone is 1. The molecule has 0 bridgehead atoms. The molecule has 0 saturated carbocycles. The van der Waals surface area contributed by atoms with Crippen LogP contribution >= 0.6 is 11.6 Å². The van der Waals surface area contributed by atoms with Gasteiger partial charge in [0.25, 0.3) is 11.6 Å². The molecule has 0 spiro atoms. The molecule has 8 nitrogen and oxygen atoms in total. The van der Waals surface area contributed by atoms with Crippen molar-refractivity contribution >= 4 is 51.6 Å². The molecule has 0 radical (unpaired) electrons. The monoisotopic (exact) mass is 462 g/mol. The van der Waals surface area contributed by atoms with Crippen molar-refractivity contribution < 1.29 is 14.5 Å². The van der Waals surface area contributed by atoms with Crippen molar-refractivity contribution in [1.29, 1.82) is 0 Å². The zero-order chi connectivity index (χ0) is 23.5. The SMILES string of the molecule is Cc1cc[nH]c1C(=O)Nc1cccc(/C=C/C(=O)c2[nH]c3cc([N+](=O)[O-])ccc3c2CCl)c1. The van der Waals surface area contributed by atoms with Crippen LogP contribution in [0.25, 0.3) is 17.0 Å². The zero-order valence-corrected chi connectivity index (χ0v) is 18.3. The minimum atomic E-state index is -0.495. The molecule has 2 heterocycles. The van der Waals surface area contributed by atoms with Gasteiger partial charge in [-0.1, -0.05) is 18.2 Å². The summed E-state index contributed by atoms with van der Waals surface area (Å²) in [5, 5.41) is 14.5. The first kappa shape index (κ1) is 22.0. The summed E-state index contributed by atoms with van der Waals surface area (Å²) in [5.41, 5.74) is 3.88. The molecule has 0 aliphatic heterocycles. The van der Waals surface area contributed by atoms with Crippen LogP contribution in [0.4, 0.5) is 11.4 Å². The van der Waals surface area contributed by atoms with E-state index in [-0.39, 0.29) is 29.0 Å². The van der Waals surface area contributed by atoms with Gasteiger partial charge in [0, 0.05) is 35.0 Å². The van der Waals surface area contributed by atoms with Gasteiger partial charge >= 0.3 is 0 Å². The number of aryl methyl sites for hydroxylation is 1. The normalized spacial score (nSPS) is 11.2. The number of fused-ring (bicyclic) bond motifs is 1. The van der Waals surface area contributed by atoms with Crippen LogP contribution in [0.2, 0.25) is 0 Å². The summed E-state index contributed by atoms with van der Waals surface area (Å²) in [6.45, 7) is 1.84. The lowest BCUT2D eigenvalue weighted by Crippen LogP contribution is -2.13. The molecular weight excluding hydrogens is 444 g/mol. The van der Waals surface area contributed by atoms with Crippen LogP contribution in [0.15, 0.2) is 60.8 Å². The van der Waals surface area contributed by atoms with E-state index in [0.717, 1.165) is 5.56 Å². The molecule has 0 aliphatic carbocycles. The predicted molar refractivity (Wildman–Crippen MR) is 128 cm³/mol. The Morgan fingerprint density at radius 3 is 2.67 bits per heavy atom. The maximum atomic E-state index is 12.9. The zero-order valence-electron chi connectivity index (χ0n) is 17.5. The third kappa shape index (κ3) is 4.56. The Labute approximate surface area is 193 Å². The summed E-state index contributed by atoms with van der Waals surface area (Å²) in [4.78, 5) is 41.7. The summed E-state index contributed by atoms with van der Waals surface area (Å²) >= 11 is 6.07. The molecule has 2 aromatic carbocycles. The Kier molecular flexibility index (Phi) is 6.10. The lowest BCUT2D eigenvalue weighted by molar-refractivity contribution is -0.384. The Morgan fingerprint density at radius 1 is 1.15 bits per heavy atom. The second kappa shape index (κ2) is 9.13. The number of H-pyrrole nitrogens is 2. The van der Waals surface area contributed by atoms with E-state index in [1.807, 2.05) is 13.0 Å². The number of ketones is 1. The van der Waals surface area contributed by atoms with Gasteiger partial charge in [0.1, 0.15) is 5.69 Å². The second-order valence-corrected chi connectivity index (χ2v) is 7.68. The quantitative estimate of drug-likeness (QED) is 0.109. The molecule has 33 heavy (non-hydrogen) atoms. The Balaban J connectivity index is 1.56. The number of halogens is 1. The summed E-state index contributed by atoms with van der Waals surface area (Å²) in [7, 11) is 0. The van der Waals surface area contributed by atoms with E-state index in [1.54, 1.807) is 42.6 Å². The number of benzene rings is 2. The van der Waals surface area contributed by atoms with Crippen LogP contribution in [0.5, 0.6) is 0 Å². The summed E-state index contributed by atoms with van der Waals surface area (Å²) in [6.07, 6.45) is 4.72. The van der Waals surface area contributed by atoms with Crippen LogP contribution < -0.4 is 5.32 Å². The number of carbonyl (C=O) groups is 2. The summed E-state index contributed by atoms with van der Waals surface area (Å²) < 4.78 is 0.